The molecule has 0 saturated carbocycles. The van der Waals surface area contributed by atoms with Gasteiger partial charge in [0.15, 0.2) is 0 Å². The molecule has 43 heavy (non-hydrogen) atoms. The zero-order chi connectivity index (χ0) is 28.8. The van der Waals surface area contributed by atoms with Gasteiger partial charge in [0.05, 0.1) is 0 Å². The second kappa shape index (κ2) is 13.4. The maximum Gasteiger partial charge on any atom is 0.0166 e. The average Bonchev–Trinajstić information content (AvgIpc) is 3.09. The second-order valence-corrected chi connectivity index (χ2v) is 16.2. The molecule has 0 nitrogen and oxygen atoms in total. The lowest BCUT2D eigenvalue weighted by molar-refractivity contribution is 0.818. The molecule has 1 unspecified atom stereocenters. The second-order valence-electron chi connectivity index (χ2n) is 11.6. The number of aryl methyl sites for hydroxylation is 2. The first-order valence-corrected chi connectivity index (χ1v) is 18.4. The van der Waals surface area contributed by atoms with E-state index in [4.69, 9.17) is 0 Å². The van der Waals surface area contributed by atoms with E-state index in [-0.39, 0.29) is 0 Å². The smallest absolute Gasteiger partial charge is 0.0166 e. The van der Waals surface area contributed by atoms with Crippen LogP contribution in [0.4, 0.5) is 0 Å². The van der Waals surface area contributed by atoms with Crippen molar-refractivity contribution in [2.45, 2.75) is 44.2 Å². The Morgan fingerprint density at radius 3 is 1.67 bits per heavy atom. The molecular weight excluding hydrogens is 554 g/mol. The van der Waals surface area contributed by atoms with Crippen LogP contribution in [0.5, 0.6) is 0 Å². The summed E-state index contributed by atoms with van der Waals surface area (Å²) in [6.07, 6.45) is 11.7. The minimum absolute atomic E-state index is 0.391. The molecule has 0 radical (unpaired) electrons. The van der Waals surface area contributed by atoms with E-state index in [1.54, 1.807) is 22.0 Å². The lowest BCUT2D eigenvalue weighted by Crippen LogP contribution is -2.20. The Morgan fingerprint density at radius 2 is 1.09 bits per heavy atom. The lowest BCUT2D eigenvalue weighted by Gasteiger charge is -2.34. The number of hydrogen-bond donors (Lipinski definition) is 0. The molecule has 2 aliphatic rings. The highest BCUT2D eigenvalue weighted by Gasteiger charge is 2.33. The van der Waals surface area contributed by atoms with Gasteiger partial charge >= 0.3 is 0 Å². The van der Waals surface area contributed by atoms with E-state index < -0.39 is 15.8 Å². The summed E-state index contributed by atoms with van der Waals surface area (Å²) in [5.74, 6) is 0. The topological polar surface area (TPSA) is 0 Å². The fraction of sp³-hybridized carbons (Fsp3) is 0.171. The van der Waals surface area contributed by atoms with E-state index in [9.17, 15) is 0 Å². The zero-order valence-electron chi connectivity index (χ0n) is 24.6. The van der Waals surface area contributed by atoms with Crippen molar-refractivity contribution in [3.8, 4) is 0 Å². The van der Waals surface area contributed by atoms with Gasteiger partial charge in [-0.1, -0.05) is 152 Å². The monoisotopic (exact) mass is 592 g/mol. The number of benzene rings is 5. The van der Waals surface area contributed by atoms with Gasteiger partial charge in [-0.2, -0.15) is 0 Å². The van der Waals surface area contributed by atoms with Crippen LogP contribution in [0.1, 0.15) is 48.0 Å². The van der Waals surface area contributed by atoms with Crippen LogP contribution >= 0.6 is 15.8 Å². The Balaban J connectivity index is 1.51. The van der Waals surface area contributed by atoms with Crippen molar-refractivity contribution in [1.82, 2.24) is 0 Å². The third-order valence-electron chi connectivity index (χ3n) is 8.82. The summed E-state index contributed by atoms with van der Waals surface area (Å²) >= 11 is 0. The highest BCUT2D eigenvalue weighted by atomic mass is 31.1. The number of allylic oxidation sites excluding steroid dienone is 4. The first-order valence-electron chi connectivity index (χ1n) is 15.6. The Hall–Kier alpha value is -3.56. The van der Waals surface area contributed by atoms with Crippen molar-refractivity contribution in [1.29, 1.82) is 0 Å². The largest absolute Gasteiger partial charge is 0.0842 e. The molecule has 2 aliphatic carbocycles. The fourth-order valence-electron chi connectivity index (χ4n) is 6.77. The van der Waals surface area contributed by atoms with Gasteiger partial charge in [0.25, 0.3) is 0 Å². The summed E-state index contributed by atoms with van der Waals surface area (Å²) in [6.45, 7) is 0. The quantitative estimate of drug-likeness (QED) is 0.172. The van der Waals surface area contributed by atoms with Gasteiger partial charge in [0, 0.05) is 5.66 Å². The van der Waals surface area contributed by atoms with Gasteiger partial charge in [-0.25, -0.2) is 0 Å². The minimum atomic E-state index is -0.694. The van der Waals surface area contributed by atoms with Crippen LogP contribution in [0, 0.1) is 0 Å². The van der Waals surface area contributed by atoms with Gasteiger partial charge in [0.1, 0.15) is 0 Å². The predicted molar refractivity (Wildman–Crippen MR) is 189 cm³/mol. The molecule has 2 heteroatoms. The Labute approximate surface area is 259 Å². The molecule has 1 atom stereocenters. The van der Waals surface area contributed by atoms with Crippen LogP contribution in [0.15, 0.2) is 163 Å². The normalized spacial score (nSPS) is 18.4. The van der Waals surface area contributed by atoms with Crippen molar-refractivity contribution in [3.05, 3.63) is 179 Å². The van der Waals surface area contributed by atoms with Gasteiger partial charge in [0.2, 0.25) is 0 Å². The molecule has 5 aromatic rings. The molecule has 0 spiro atoms. The standard InChI is InChI=1S/C41H38P2/c1-6-16-33-28-26-32-27-29-34(17-7-1)40(42(35-18-8-2-9-19-35)36-20-10-3-11-21-36)31-41(39(33)30-32)43(37-22-12-4-13-23-37)38-24-14-5-15-25-38/h2-5,7-15,17-26,28,30,41H,1,6,16,27,29,31H2/b17-7?,40-34-. The van der Waals surface area contributed by atoms with Crippen LogP contribution in [0.25, 0.3) is 0 Å². The summed E-state index contributed by atoms with van der Waals surface area (Å²) in [4.78, 5) is 0. The van der Waals surface area contributed by atoms with Crippen molar-refractivity contribution in [2.75, 3.05) is 0 Å². The molecule has 0 fully saturated rings. The highest BCUT2D eigenvalue weighted by Crippen LogP contribution is 2.59. The lowest BCUT2D eigenvalue weighted by atomic mass is 9.95. The molecule has 0 heterocycles. The molecule has 0 aliphatic heterocycles. The van der Waals surface area contributed by atoms with Gasteiger partial charge in [-0.15, -0.1) is 0 Å². The van der Waals surface area contributed by atoms with E-state index in [2.05, 4.69) is 152 Å². The maximum absolute atomic E-state index is 2.61. The SMILES string of the molecule is C1=C/C2=C(/P(c3ccccc3)c3ccccc3)CC(P(c3ccccc3)c3ccccc3)c3cc(ccc3CCC1)CC2. The van der Waals surface area contributed by atoms with E-state index >= 15 is 0 Å². The maximum atomic E-state index is 2.61. The third kappa shape index (κ3) is 6.24. The van der Waals surface area contributed by atoms with Gasteiger partial charge in [-0.05, 0) is 103 Å². The van der Waals surface area contributed by atoms with Crippen molar-refractivity contribution >= 4 is 37.1 Å². The molecule has 5 aromatic carbocycles. The molecule has 0 saturated heterocycles. The molecule has 0 amide bonds. The van der Waals surface area contributed by atoms with E-state index in [0.717, 1.165) is 32.1 Å². The first kappa shape index (κ1) is 28.2. The van der Waals surface area contributed by atoms with Crippen molar-refractivity contribution in [3.63, 3.8) is 0 Å². The average molecular weight is 593 g/mol. The van der Waals surface area contributed by atoms with Crippen LogP contribution in [-0.2, 0) is 12.8 Å². The Kier molecular flexibility index (Phi) is 8.79. The van der Waals surface area contributed by atoms with E-state index in [1.807, 2.05) is 0 Å². The number of rotatable bonds is 6. The summed E-state index contributed by atoms with van der Waals surface area (Å²) in [5, 5.41) is 7.50. The molecule has 7 rings (SSSR count). The van der Waals surface area contributed by atoms with Crippen LogP contribution in [0.3, 0.4) is 0 Å². The van der Waals surface area contributed by atoms with Crippen LogP contribution < -0.4 is 21.2 Å². The molecule has 0 N–H and O–H groups in total. The van der Waals surface area contributed by atoms with Gasteiger partial charge < -0.3 is 0 Å². The Bertz CT molecular complexity index is 1630. The summed E-state index contributed by atoms with van der Waals surface area (Å²) in [6, 6.07) is 53.0. The summed E-state index contributed by atoms with van der Waals surface area (Å²) in [5.41, 5.74) is 6.58. The first-order chi connectivity index (χ1) is 21.3. The highest BCUT2D eigenvalue weighted by molar-refractivity contribution is 7.77. The Morgan fingerprint density at radius 1 is 0.535 bits per heavy atom. The number of fused-ring (bicyclic) bond motifs is 3. The number of hydrogen-bond acceptors (Lipinski definition) is 0. The van der Waals surface area contributed by atoms with E-state index in [1.165, 1.54) is 33.2 Å². The predicted octanol–water partition coefficient (Wildman–Crippen LogP) is 9.48. The fourth-order valence-corrected chi connectivity index (χ4v) is 12.5. The van der Waals surface area contributed by atoms with Crippen LogP contribution in [0.2, 0.25) is 0 Å². The van der Waals surface area contributed by atoms with Crippen LogP contribution in [-0.4, -0.2) is 0 Å². The molecule has 212 valence electrons. The summed E-state index contributed by atoms with van der Waals surface area (Å²) < 4.78 is 0. The van der Waals surface area contributed by atoms with E-state index in [0.29, 0.717) is 5.66 Å². The molecule has 3 bridgehead atoms. The summed E-state index contributed by atoms with van der Waals surface area (Å²) in [7, 11) is -1.35. The third-order valence-corrected chi connectivity index (χ3v) is 14.3. The minimum Gasteiger partial charge on any atom is -0.0842 e. The zero-order valence-corrected chi connectivity index (χ0v) is 26.4. The van der Waals surface area contributed by atoms with Crippen molar-refractivity contribution in [2.24, 2.45) is 0 Å². The molecular formula is C41H38P2. The van der Waals surface area contributed by atoms with Gasteiger partial charge in [-0.3, -0.25) is 0 Å². The molecule has 0 aromatic heterocycles. The van der Waals surface area contributed by atoms with Crippen molar-refractivity contribution < 1.29 is 0 Å².